The number of carbonyl (C=O) groups is 1. The van der Waals surface area contributed by atoms with Crippen LogP contribution in [0, 0.1) is 5.92 Å². The van der Waals surface area contributed by atoms with Gasteiger partial charge in [-0.2, -0.15) is 0 Å². The van der Waals surface area contributed by atoms with Gasteiger partial charge in [0.05, 0.1) is 15.6 Å². The van der Waals surface area contributed by atoms with E-state index >= 15 is 0 Å². The topological polar surface area (TPSA) is 46.3 Å². The lowest BCUT2D eigenvalue weighted by Gasteiger charge is -2.36. The van der Waals surface area contributed by atoms with E-state index in [4.69, 9.17) is 28.9 Å². The summed E-state index contributed by atoms with van der Waals surface area (Å²) < 4.78 is 0. The van der Waals surface area contributed by atoms with Gasteiger partial charge < -0.3 is 10.6 Å². The van der Waals surface area contributed by atoms with Crippen LogP contribution in [0.1, 0.15) is 37.0 Å². The van der Waals surface area contributed by atoms with Crippen molar-refractivity contribution in [3.05, 3.63) is 27.7 Å². The fourth-order valence-corrected chi connectivity index (χ4v) is 3.05. The van der Waals surface area contributed by atoms with E-state index < -0.39 is 0 Å². The molecule has 2 N–H and O–H groups in total. The van der Waals surface area contributed by atoms with Crippen LogP contribution in [-0.2, 0) is 0 Å². The van der Waals surface area contributed by atoms with Gasteiger partial charge in [-0.3, -0.25) is 4.79 Å². The molecule has 0 spiro atoms. The normalized spacial score (nSPS) is 23.5. The van der Waals surface area contributed by atoms with Crippen molar-refractivity contribution in [3.8, 4) is 0 Å². The fourth-order valence-electron chi connectivity index (χ4n) is 2.63. The minimum Gasteiger partial charge on any atom is -0.399 e. The number of nitrogen functional groups attached to an aromatic ring is 1. The molecule has 19 heavy (non-hydrogen) atoms. The molecule has 2 unspecified atom stereocenters. The number of amides is 1. The second-order valence-corrected chi connectivity index (χ2v) is 6.13. The molecule has 0 bridgehead atoms. The number of piperidine rings is 1. The van der Waals surface area contributed by atoms with Gasteiger partial charge in [-0.05, 0) is 37.8 Å². The first-order chi connectivity index (χ1) is 8.90. The Hall–Kier alpha value is -0.930. The number of nitrogens with two attached hydrogens (primary N) is 1. The van der Waals surface area contributed by atoms with E-state index in [0.29, 0.717) is 22.2 Å². The Labute approximate surface area is 123 Å². The van der Waals surface area contributed by atoms with Crippen LogP contribution in [-0.4, -0.2) is 23.4 Å². The molecule has 3 nitrogen and oxygen atoms in total. The number of hydrogen-bond acceptors (Lipinski definition) is 2. The third-order valence-electron chi connectivity index (χ3n) is 3.68. The summed E-state index contributed by atoms with van der Waals surface area (Å²) in [5, 5.41) is 0.606. The molecule has 1 saturated heterocycles. The van der Waals surface area contributed by atoms with Gasteiger partial charge in [0.2, 0.25) is 0 Å². The number of benzene rings is 1. The van der Waals surface area contributed by atoms with Crippen molar-refractivity contribution in [1.82, 2.24) is 4.90 Å². The number of hydrogen-bond donors (Lipinski definition) is 1. The van der Waals surface area contributed by atoms with Crippen molar-refractivity contribution in [2.45, 2.75) is 32.7 Å². The van der Waals surface area contributed by atoms with Gasteiger partial charge in [0, 0.05) is 18.3 Å². The van der Waals surface area contributed by atoms with Crippen LogP contribution in [0.15, 0.2) is 12.1 Å². The van der Waals surface area contributed by atoms with Gasteiger partial charge in [0.1, 0.15) is 0 Å². The number of rotatable bonds is 1. The molecular weight excluding hydrogens is 283 g/mol. The lowest BCUT2D eigenvalue weighted by Crippen LogP contribution is -2.44. The number of likely N-dealkylation sites (tertiary alicyclic amines) is 1. The van der Waals surface area contributed by atoms with Gasteiger partial charge in [-0.25, -0.2) is 0 Å². The predicted octanol–water partition coefficient (Wildman–Crippen LogP) is 3.84. The number of carbonyl (C=O) groups excluding carboxylic acids is 1. The zero-order chi connectivity index (χ0) is 14.2. The minimum atomic E-state index is -0.0846. The molecule has 1 aliphatic rings. The molecule has 104 valence electrons. The van der Waals surface area contributed by atoms with Gasteiger partial charge in [-0.15, -0.1) is 0 Å². The van der Waals surface area contributed by atoms with Crippen LogP contribution in [0.2, 0.25) is 10.0 Å². The fraction of sp³-hybridized carbons (Fsp3) is 0.500. The highest BCUT2D eigenvalue weighted by molar-refractivity contribution is 6.44. The quantitative estimate of drug-likeness (QED) is 0.801. The molecule has 2 rings (SSSR count). The van der Waals surface area contributed by atoms with Crippen molar-refractivity contribution >= 4 is 34.8 Å². The summed E-state index contributed by atoms with van der Waals surface area (Å²) in [7, 11) is 0. The van der Waals surface area contributed by atoms with Crippen LogP contribution >= 0.6 is 23.2 Å². The van der Waals surface area contributed by atoms with E-state index in [1.807, 2.05) is 4.90 Å². The van der Waals surface area contributed by atoms with Crippen LogP contribution in [0.4, 0.5) is 5.69 Å². The molecule has 0 saturated carbocycles. The summed E-state index contributed by atoms with van der Waals surface area (Å²) in [6.07, 6.45) is 2.03. The van der Waals surface area contributed by atoms with Crippen LogP contribution < -0.4 is 5.73 Å². The Balaban J connectivity index is 2.29. The average molecular weight is 301 g/mol. The van der Waals surface area contributed by atoms with E-state index in [9.17, 15) is 4.79 Å². The van der Waals surface area contributed by atoms with E-state index in [-0.39, 0.29) is 17.0 Å². The molecule has 2 atom stereocenters. The average Bonchev–Trinajstić information content (AvgIpc) is 2.33. The highest BCUT2D eigenvalue weighted by Crippen LogP contribution is 2.31. The third-order valence-corrected chi connectivity index (χ3v) is 4.48. The summed E-state index contributed by atoms with van der Waals surface area (Å²) >= 11 is 12.1. The van der Waals surface area contributed by atoms with Crippen molar-refractivity contribution in [2.75, 3.05) is 12.3 Å². The molecule has 1 heterocycles. The Morgan fingerprint density at radius 2 is 2.05 bits per heavy atom. The minimum absolute atomic E-state index is 0.0846. The highest BCUT2D eigenvalue weighted by Gasteiger charge is 2.29. The summed E-state index contributed by atoms with van der Waals surface area (Å²) in [5.41, 5.74) is 6.59. The van der Waals surface area contributed by atoms with E-state index in [1.54, 1.807) is 12.1 Å². The monoisotopic (exact) mass is 300 g/mol. The van der Waals surface area contributed by atoms with E-state index in [0.717, 1.165) is 19.4 Å². The number of anilines is 1. The van der Waals surface area contributed by atoms with Gasteiger partial charge in [-0.1, -0.05) is 30.1 Å². The van der Waals surface area contributed by atoms with E-state index in [2.05, 4.69) is 13.8 Å². The van der Waals surface area contributed by atoms with Gasteiger partial charge >= 0.3 is 0 Å². The highest BCUT2D eigenvalue weighted by atomic mass is 35.5. The summed E-state index contributed by atoms with van der Waals surface area (Å²) in [6.45, 7) is 5.03. The SMILES string of the molecule is CC1CCN(C(=O)c2cc(N)cc(Cl)c2Cl)C(C)C1. The molecule has 0 aromatic heterocycles. The molecule has 1 aliphatic heterocycles. The van der Waals surface area contributed by atoms with Crippen LogP contribution in [0.25, 0.3) is 0 Å². The molecule has 1 aromatic carbocycles. The standard InChI is InChI=1S/C14H18Cl2N2O/c1-8-3-4-18(9(2)5-8)14(19)11-6-10(17)7-12(15)13(11)16/h6-9H,3-5,17H2,1-2H3. The van der Waals surface area contributed by atoms with Gasteiger partial charge in [0.25, 0.3) is 5.91 Å². The van der Waals surface area contributed by atoms with E-state index in [1.165, 1.54) is 0 Å². The zero-order valence-corrected chi connectivity index (χ0v) is 12.6. The first kappa shape index (κ1) is 14.5. The third kappa shape index (κ3) is 2.98. The second kappa shape index (κ2) is 5.59. The van der Waals surface area contributed by atoms with Crippen molar-refractivity contribution in [2.24, 2.45) is 5.92 Å². The Bertz CT molecular complexity index is 504. The zero-order valence-electron chi connectivity index (χ0n) is 11.1. The Kier molecular flexibility index (Phi) is 4.26. The first-order valence-electron chi connectivity index (χ1n) is 6.45. The lowest BCUT2D eigenvalue weighted by molar-refractivity contribution is 0.0589. The van der Waals surface area contributed by atoms with Crippen molar-refractivity contribution < 1.29 is 4.79 Å². The number of halogens is 2. The lowest BCUT2D eigenvalue weighted by atomic mass is 9.93. The maximum absolute atomic E-state index is 12.6. The summed E-state index contributed by atoms with van der Waals surface area (Å²) in [6, 6.07) is 3.37. The van der Waals surface area contributed by atoms with Crippen LogP contribution in [0.5, 0.6) is 0 Å². The predicted molar refractivity (Wildman–Crippen MR) is 79.8 cm³/mol. The Morgan fingerprint density at radius 3 is 2.68 bits per heavy atom. The largest absolute Gasteiger partial charge is 0.399 e. The van der Waals surface area contributed by atoms with Crippen LogP contribution in [0.3, 0.4) is 0 Å². The summed E-state index contributed by atoms with van der Waals surface area (Å²) in [4.78, 5) is 14.4. The molecule has 0 radical (unpaired) electrons. The second-order valence-electron chi connectivity index (χ2n) is 5.34. The molecule has 0 aliphatic carbocycles. The molecule has 1 fully saturated rings. The summed E-state index contributed by atoms with van der Waals surface area (Å²) in [5.74, 6) is 0.567. The first-order valence-corrected chi connectivity index (χ1v) is 7.21. The number of nitrogens with zero attached hydrogens (tertiary/aromatic N) is 1. The van der Waals surface area contributed by atoms with Gasteiger partial charge in [0.15, 0.2) is 0 Å². The maximum atomic E-state index is 12.6. The smallest absolute Gasteiger partial charge is 0.255 e. The molecular formula is C14H18Cl2N2O. The Morgan fingerprint density at radius 1 is 1.37 bits per heavy atom. The molecule has 1 aromatic rings. The maximum Gasteiger partial charge on any atom is 0.255 e. The molecule has 5 heteroatoms. The van der Waals surface area contributed by atoms with Crippen molar-refractivity contribution in [3.63, 3.8) is 0 Å². The molecule has 1 amide bonds. The van der Waals surface area contributed by atoms with Crippen molar-refractivity contribution in [1.29, 1.82) is 0 Å².